The van der Waals surface area contributed by atoms with Crippen molar-refractivity contribution >= 4 is 26.6 Å². The fourth-order valence-corrected chi connectivity index (χ4v) is 2.97. The monoisotopic (exact) mass is 351 g/mol. The number of aryl methyl sites for hydroxylation is 1. The number of hydrogen-bond acceptors (Lipinski definition) is 4. The Morgan fingerprint density at radius 1 is 0.913 bits per heavy atom. The molecule has 0 aliphatic carbocycles. The molecular formula is C17H14KNO3S. The molecule has 0 aromatic heterocycles. The molecule has 0 bridgehead atoms. The minimum absolute atomic E-state index is 0. The van der Waals surface area contributed by atoms with Crippen molar-refractivity contribution in [3.8, 4) is 11.1 Å². The predicted molar refractivity (Wildman–Crippen MR) is 86.5 cm³/mol. The molecular weight excluding hydrogens is 337 g/mol. The first kappa shape index (κ1) is 18.6. The first-order chi connectivity index (χ1) is 10.3. The van der Waals surface area contributed by atoms with E-state index in [-0.39, 0.29) is 56.3 Å². The maximum absolute atomic E-state index is 11.1. The zero-order valence-corrected chi connectivity index (χ0v) is 16.8. The van der Waals surface area contributed by atoms with Gasteiger partial charge in [0, 0.05) is 11.3 Å². The number of rotatable bonds is 2. The molecule has 0 radical (unpaired) electrons. The Morgan fingerprint density at radius 2 is 1.57 bits per heavy atom. The van der Waals surface area contributed by atoms with Crippen molar-refractivity contribution in [2.45, 2.75) is 11.8 Å². The van der Waals surface area contributed by atoms with Crippen LogP contribution in [0.3, 0.4) is 0 Å². The second-order valence-corrected chi connectivity index (χ2v) is 6.65. The Kier molecular flexibility index (Phi) is 5.68. The van der Waals surface area contributed by atoms with Crippen LogP contribution in [-0.4, -0.2) is 13.0 Å². The minimum atomic E-state index is -4.44. The Labute approximate surface area is 177 Å². The molecule has 3 aromatic rings. The fraction of sp³-hybridized carbons (Fsp3) is 0.0588. The van der Waals surface area contributed by atoms with Gasteiger partial charge in [0.25, 0.3) is 0 Å². The van der Waals surface area contributed by atoms with Crippen LogP contribution in [0.25, 0.3) is 21.9 Å². The quantitative estimate of drug-likeness (QED) is 0.409. The van der Waals surface area contributed by atoms with Crippen LogP contribution in [0.5, 0.6) is 0 Å². The summed E-state index contributed by atoms with van der Waals surface area (Å²) in [7, 11) is -4.44. The first-order valence-electron chi connectivity index (χ1n) is 6.71. The second-order valence-electron chi connectivity index (χ2n) is 5.27. The summed E-state index contributed by atoms with van der Waals surface area (Å²) in [5.41, 5.74) is 9.70. The second kappa shape index (κ2) is 7.02. The Bertz CT molecular complexity index is 984. The zero-order valence-electron chi connectivity index (χ0n) is 12.9. The van der Waals surface area contributed by atoms with Gasteiger partial charge in [-0.3, -0.25) is 0 Å². The summed E-state index contributed by atoms with van der Waals surface area (Å²) in [6, 6.07) is 15.8. The molecule has 23 heavy (non-hydrogen) atoms. The molecule has 0 saturated heterocycles. The standard InChI is InChI=1S/C17H15NO3S.K/c1-11-2-7-17(18)16(8-11)14-4-3-13-10-15(22(19,20)21)6-5-12(13)9-14;/h2-10H,18H2,1H3,(H,19,20,21);/q;+1/p-1. The molecule has 0 aliphatic rings. The number of nitrogen functional groups attached to an aromatic ring is 1. The van der Waals surface area contributed by atoms with Crippen molar-refractivity contribution in [1.82, 2.24) is 0 Å². The maximum Gasteiger partial charge on any atom is 1.00 e. The molecule has 0 unspecified atom stereocenters. The summed E-state index contributed by atoms with van der Waals surface area (Å²) in [6.45, 7) is 2.00. The van der Waals surface area contributed by atoms with Crippen molar-refractivity contribution in [2.24, 2.45) is 0 Å². The van der Waals surface area contributed by atoms with Gasteiger partial charge in [-0.05, 0) is 53.6 Å². The molecule has 2 N–H and O–H groups in total. The van der Waals surface area contributed by atoms with E-state index in [1.165, 1.54) is 12.1 Å². The van der Waals surface area contributed by atoms with Gasteiger partial charge in [0.15, 0.2) is 0 Å². The minimum Gasteiger partial charge on any atom is -0.744 e. The average molecular weight is 351 g/mol. The summed E-state index contributed by atoms with van der Waals surface area (Å²) in [5.74, 6) is 0. The molecule has 0 amide bonds. The van der Waals surface area contributed by atoms with Crippen LogP contribution in [0.1, 0.15) is 5.56 Å². The van der Waals surface area contributed by atoms with Gasteiger partial charge in [-0.2, -0.15) is 0 Å². The van der Waals surface area contributed by atoms with E-state index < -0.39 is 10.1 Å². The van der Waals surface area contributed by atoms with Crippen molar-refractivity contribution in [1.29, 1.82) is 0 Å². The number of benzene rings is 3. The fourth-order valence-electron chi connectivity index (χ4n) is 2.47. The summed E-state index contributed by atoms with van der Waals surface area (Å²) in [4.78, 5) is -0.220. The molecule has 0 fully saturated rings. The SMILES string of the molecule is Cc1ccc(N)c(-c2ccc3cc(S(=O)(=O)[O-])ccc3c2)c1.[K+]. The third-order valence-electron chi connectivity index (χ3n) is 3.62. The van der Waals surface area contributed by atoms with Crippen LogP contribution < -0.4 is 57.1 Å². The van der Waals surface area contributed by atoms with Crippen LogP contribution in [0.4, 0.5) is 5.69 Å². The third-order valence-corrected chi connectivity index (χ3v) is 4.45. The number of hydrogen-bond donors (Lipinski definition) is 1. The Hall–Kier alpha value is -0.734. The van der Waals surface area contributed by atoms with E-state index in [1.807, 2.05) is 37.3 Å². The molecule has 0 aliphatic heterocycles. The molecule has 0 saturated carbocycles. The van der Waals surface area contributed by atoms with Crippen molar-refractivity contribution < 1.29 is 64.4 Å². The van der Waals surface area contributed by atoms with Crippen LogP contribution in [0.2, 0.25) is 0 Å². The van der Waals surface area contributed by atoms with Gasteiger partial charge in [-0.15, -0.1) is 0 Å². The van der Waals surface area contributed by atoms with E-state index in [9.17, 15) is 13.0 Å². The average Bonchev–Trinajstić information content (AvgIpc) is 2.47. The Morgan fingerprint density at radius 3 is 2.26 bits per heavy atom. The van der Waals surface area contributed by atoms with E-state index in [0.717, 1.165) is 22.1 Å². The first-order valence-corrected chi connectivity index (χ1v) is 8.12. The summed E-state index contributed by atoms with van der Waals surface area (Å²) < 4.78 is 33.2. The van der Waals surface area contributed by atoms with Gasteiger partial charge in [-0.1, -0.05) is 29.8 Å². The summed E-state index contributed by atoms with van der Waals surface area (Å²) in [6.07, 6.45) is 0. The molecule has 6 heteroatoms. The van der Waals surface area contributed by atoms with Crippen LogP contribution in [-0.2, 0) is 10.1 Å². The normalized spacial score (nSPS) is 11.2. The molecule has 0 heterocycles. The number of nitrogens with two attached hydrogens (primary N) is 1. The van der Waals surface area contributed by atoms with Crippen molar-refractivity contribution in [2.75, 3.05) is 5.73 Å². The molecule has 0 spiro atoms. The summed E-state index contributed by atoms with van der Waals surface area (Å²) in [5, 5.41) is 1.55. The number of fused-ring (bicyclic) bond motifs is 1. The van der Waals surface area contributed by atoms with Crippen molar-refractivity contribution in [3.05, 3.63) is 60.2 Å². The number of anilines is 1. The molecule has 4 nitrogen and oxygen atoms in total. The van der Waals surface area contributed by atoms with Crippen molar-refractivity contribution in [3.63, 3.8) is 0 Å². The maximum atomic E-state index is 11.1. The van der Waals surface area contributed by atoms with E-state index in [1.54, 1.807) is 12.1 Å². The smallest absolute Gasteiger partial charge is 0.744 e. The van der Waals surface area contributed by atoms with E-state index >= 15 is 0 Å². The molecule has 3 rings (SSSR count). The topological polar surface area (TPSA) is 83.2 Å². The van der Waals surface area contributed by atoms with E-state index in [4.69, 9.17) is 5.73 Å². The Balaban J connectivity index is 0.00000192. The van der Waals surface area contributed by atoms with Gasteiger partial charge < -0.3 is 10.3 Å². The van der Waals surface area contributed by atoms with Gasteiger partial charge in [-0.25, -0.2) is 8.42 Å². The molecule has 112 valence electrons. The zero-order chi connectivity index (χ0) is 15.9. The molecule has 0 atom stereocenters. The third kappa shape index (κ3) is 4.03. The largest absolute Gasteiger partial charge is 1.00 e. The van der Waals surface area contributed by atoms with Crippen LogP contribution >= 0.6 is 0 Å². The van der Waals surface area contributed by atoms with Gasteiger partial charge >= 0.3 is 51.4 Å². The molecule has 3 aromatic carbocycles. The van der Waals surface area contributed by atoms with Gasteiger partial charge in [0.1, 0.15) is 10.1 Å². The van der Waals surface area contributed by atoms with E-state index in [0.29, 0.717) is 11.1 Å². The van der Waals surface area contributed by atoms with Crippen LogP contribution in [0, 0.1) is 6.92 Å². The predicted octanol–water partition coefficient (Wildman–Crippen LogP) is 0.306. The van der Waals surface area contributed by atoms with Gasteiger partial charge in [0.05, 0.1) is 4.90 Å². The van der Waals surface area contributed by atoms with Crippen LogP contribution in [0.15, 0.2) is 59.5 Å². The van der Waals surface area contributed by atoms with E-state index in [2.05, 4.69) is 0 Å². The summed E-state index contributed by atoms with van der Waals surface area (Å²) >= 11 is 0. The van der Waals surface area contributed by atoms with Gasteiger partial charge in [0.2, 0.25) is 0 Å².